The number of nitrogens with zero attached hydrogens (tertiary/aromatic N) is 1. The van der Waals surface area contributed by atoms with E-state index < -0.39 is 0 Å². The Labute approximate surface area is 115 Å². The molecule has 0 aliphatic rings. The van der Waals surface area contributed by atoms with Crippen LogP contribution in [0.15, 0.2) is 29.9 Å². The first-order chi connectivity index (χ1) is 9.20. The zero-order valence-corrected chi connectivity index (χ0v) is 11.1. The molecular formula is C14H12N2O2S. The van der Waals surface area contributed by atoms with Crippen LogP contribution >= 0.6 is 11.3 Å². The summed E-state index contributed by atoms with van der Waals surface area (Å²) < 4.78 is 0. The van der Waals surface area contributed by atoms with Gasteiger partial charge in [-0.15, -0.1) is 11.3 Å². The van der Waals surface area contributed by atoms with Gasteiger partial charge in [-0.05, 0) is 24.6 Å². The zero-order chi connectivity index (χ0) is 13.7. The monoisotopic (exact) mass is 272 g/mol. The van der Waals surface area contributed by atoms with Crippen LogP contribution in [0.5, 0.6) is 0 Å². The number of aromatic nitrogens is 1. The van der Waals surface area contributed by atoms with E-state index in [-0.39, 0.29) is 12.5 Å². The van der Waals surface area contributed by atoms with E-state index in [4.69, 9.17) is 5.11 Å². The third kappa shape index (κ3) is 3.41. The van der Waals surface area contributed by atoms with Crippen molar-refractivity contribution < 1.29 is 9.90 Å². The average Bonchev–Trinajstić information content (AvgIpc) is 2.93. The number of rotatable bonds is 2. The molecule has 2 aromatic rings. The molecule has 1 aromatic heterocycles. The summed E-state index contributed by atoms with van der Waals surface area (Å²) >= 11 is 1.28. The maximum atomic E-state index is 11.9. The van der Waals surface area contributed by atoms with Gasteiger partial charge in [-0.25, -0.2) is 0 Å². The Bertz CT molecular complexity index is 639. The number of hydrogen-bond donors (Lipinski definition) is 2. The molecule has 0 aliphatic carbocycles. The summed E-state index contributed by atoms with van der Waals surface area (Å²) in [4.78, 5) is 16.4. The first kappa shape index (κ1) is 13.3. The van der Waals surface area contributed by atoms with Gasteiger partial charge < -0.3 is 10.4 Å². The van der Waals surface area contributed by atoms with Crippen molar-refractivity contribution in [2.45, 2.75) is 6.92 Å². The van der Waals surface area contributed by atoms with E-state index in [1.165, 1.54) is 17.5 Å². The highest BCUT2D eigenvalue weighted by Gasteiger charge is 2.09. The van der Waals surface area contributed by atoms with E-state index in [2.05, 4.69) is 22.1 Å². The van der Waals surface area contributed by atoms with Crippen LogP contribution in [0.2, 0.25) is 0 Å². The number of benzene rings is 1. The summed E-state index contributed by atoms with van der Waals surface area (Å²) in [5.41, 5.74) is 3.96. The van der Waals surface area contributed by atoms with Crippen LogP contribution < -0.4 is 5.32 Å². The molecule has 0 fully saturated rings. The zero-order valence-electron chi connectivity index (χ0n) is 10.3. The summed E-state index contributed by atoms with van der Waals surface area (Å²) in [6.45, 7) is 1.73. The number of carbonyl (C=O) groups excluding carboxylic acids is 1. The molecule has 0 bridgehead atoms. The van der Waals surface area contributed by atoms with Crippen molar-refractivity contribution in [2.75, 3.05) is 11.9 Å². The van der Waals surface area contributed by atoms with Gasteiger partial charge in [-0.3, -0.25) is 9.78 Å². The molecule has 0 saturated carbocycles. The predicted molar refractivity (Wildman–Crippen MR) is 75.2 cm³/mol. The lowest BCUT2D eigenvalue weighted by Crippen LogP contribution is -2.11. The lowest BCUT2D eigenvalue weighted by molar-refractivity contribution is 0.103. The Morgan fingerprint density at radius 2 is 2.37 bits per heavy atom. The lowest BCUT2D eigenvalue weighted by Gasteiger charge is -2.07. The standard InChI is InChI=1S/C14H12N2O2S/c1-10-4-5-12(11(7-10)3-2-6-17)16-14(18)13-8-15-9-19-13/h4-5,7-9,17H,6H2,1H3,(H,16,18). The van der Waals surface area contributed by atoms with Crippen molar-refractivity contribution in [3.05, 3.63) is 45.9 Å². The third-order valence-electron chi connectivity index (χ3n) is 2.38. The number of amides is 1. The second kappa shape index (κ2) is 6.14. The van der Waals surface area contributed by atoms with Crippen LogP contribution in [0.3, 0.4) is 0 Å². The number of aliphatic hydroxyl groups is 1. The molecule has 0 saturated heterocycles. The van der Waals surface area contributed by atoms with Crippen molar-refractivity contribution in [3.8, 4) is 11.8 Å². The smallest absolute Gasteiger partial charge is 0.267 e. The molecule has 19 heavy (non-hydrogen) atoms. The van der Waals surface area contributed by atoms with Crippen LogP contribution in [-0.2, 0) is 0 Å². The molecule has 1 heterocycles. The van der Waals surface area contributed by atoms with E-state index in [0.717, 1.165) is 5.56 Å². The number of thiazole rings is 1. The number of aliphatic hydroxyl groups excluding tert-OH is 1. The predicted octanol–water partition coefficient (Wildman–Crippen LogP) is 2.05. The van der Waals surface area contributed by atoms with Crippen molar-refractivity contribution in [2.24, 2.45) is 0 Å². The molecule has 4 nitrogen and oxygen atoms in total. The molecule has 0 aliphatic heterocycles. The summed E-state index contributed by atoms with van der Waals surface area (Å²) in [6.07, 6.45) is 1.52. The molecule has 0 radical (unpaired) electrons. The molecule has 96 valence electrons. The van der Waals surface area contributed by atoms with Crippen molar-refractivity contribution in [1.82, 2.24) is 4.98 Å². The Balaban J connectivity index is 2.27. The first-order valence-corrected chi connectivity index (χ1v) is 6.49. The summed E-state index contributed by atoms with van der Waals surface area (Å²) in [5.74, 6) is 5.20. The molecule has 5 heteroatoms. The van der Waals surface area contributed by atoms with Gasteiger partial charge in [0, 0.05) is 5.56 Å². The van der Waals surface area contributed by atoms with Gasteiger partial charge >= 0.3 is 0 Å². The van der Waals surface area contributed by atoms with Gasteiger partial charge in [0.25, 0.3) is 5.91 Å². The summed E-state index contributed by atoms with van der Waals surface area (Å²) in [5, 5.41) is 11.5. The van der Waals surface area contributed by atoms with Crippen LogP contribution in [0, 0.1) is 18.8 Å². The number of carbonyl (C=O) groups is 1. The Morgan fingerprint density at radius 1 is 1.53 bits per heavy atom. The van der Waals surface area contributed by atoms with Crippen LogP contribution in [0.1, 0.15) is 20.8 Å². The van der Waals surface area contributed by atoms with Crippen molar-refractivity contribution in [3.63, 3.8) is 0 Å². The Morgan fingerprint density at radius 3 is 3.05 bits per heavy atom. The maximum Gasteiger partial charge on any atom is 0.267 e. The Kier molecular flexibility index (Phi) is 4.29. The quantitative estimate of drug-likeness (QED) is 0.822. The van der Waals surface area contributed by atoms with E-state index in [1.54, 1.807) is 11.6 Å². The minimum absolute atomic E-state index is 0.210. The fourth-order valence-corrected chi connectivity index (χ4v) is 2.03. The molecule has 0 atom stereocenters. The van der Waals surface area contributed by atoms with Crippen LogP contribution in [0.4, 0.5) is 5.69 Å². The molecule has 1 amide bonds. The fraction of sp³-hybridized carbons (Fsp3) is 0.143. The van der Waals surface area contributed by atoms with Gasteiger partial charge in [-0.1, -0.05) is 17.9 Å². The number of anilines is 1. The van der Waals surface area contributed by atoms with Gasteiger partial charge in [0.05, 0.1) is 17.4 Å². The van der Waals surface area contributed by atoms with E-state index in [0.29, 0.717) is 16.1 Å². The number of hydrogen-bond acceptors (Lipinski definition) is 4. The average molecular weight is 272 g/mol. The molecule has 2 N–H and O–H groups in total. The van der Waals surface area contributed by atoms with Gasteiger partial charge in [-0.2, -0.15) is 0 Å². The minimum atomic E-state index is -0.212. The highest BCUT2D eigenvalue weighted by molar-refractivity contribution is 7.11. The van der Waals surface area contributed by atoms with Gasteiger partial charge in [0.1, 0.15) is 11.5 Å². The third-order valence-corrected chi connectivity index (χ3v) is 3.15. The lowest BCUT2D eigenvalue weighted by atomic mass is 10.1. The van der Waals surface area contributed by atoms with E-state index >= 15 is 0 Å². The summed E-state index contributed by atoms with van der Waals surface area (Å²) in [7, 11) is 0. The molecule has 0 spiro atoms. The Hall–Kier alpha value is -2.16. The highest BCUT2D eigenvalue weighted by atomic mass is 32.1. The SMILES string of the molecule is Cc1ccc(NC(=O)c2cncs2)c(C#CCO)c1. The molecule has 0 unspecified atom stereocenters. The summed E-state index contributed by atoms with van der Waals surface area (Å²) in [6, 6.07) is 5.56. The van der Waals surface area contributed by atoms with Gasteiger partial charge in [0.15, 0.2) is 0 Å². The number of nitrogens with one attached hydrogen (secondary N) is 1. The molecular weight excluding hydrogens is 260 g/mol. The normalized spacial score (nSPS) is 9.58. The molecule has 2 rings (SSSR count). The molecule has 1 aromatic carbocycles. The minimum Gasteiger partial charge on any atom is -0.384 e. The highest BCUT2D eigenvalue weighted by Crippen LogP contribution is 2.18. The topological polar surface area (TPSA) is 62.2 Å². The van der Waals surface area contributed by atoms with Crippen molar-refractivity contribution >= 4 is 22.9 Å². The fourth-order valence-electron chi connectivity index (χ4n) is 1.52. The van der Waals surface area contributed by atoms with E-state index in [9.17, 15) is 4.79 Å². The van der Waals surface area contributed by atoms with E-state index in [1.807, 2.05) is 19.1 Å². The van der Waals surface area contributed by atoms with Crippen LogP contribution in [0.25, 0.3) is 0 Å². The van der Waals surface area contributed by atoms with Crippen molar-refractivity contribution in [1.29, 1.82) is 0 Å². The van der Waals surface area contributed by atoms with Gasteiger partial charge in [0.2, 0.25) is 0 Å². The maximum absolute atomic E-state index is 11.9. The largest absolute Gasteiger partial charge is 0.384 e. The van der Waals surface area contributed by atoms with Crippen LogP contribution in [-0.4, -0.2) is 22.6 Å². The second-order valence-electron chi connectivity index (χ2n) is 3.83. The first-order valence-electron chi connectivity index (χ1n) is 5.61. The second-order valence-corrected chi connectivity index (χ2v) is 4.72. The number of aryl methyl sites for hydroxylation is 1.